The second-order valence-corrected chi connectivity index (χ2v) is 8.04. The fourth-order valence-electron chi connectivity index (χ4n) is 3.84. The SMILES string of the molecule is COc1cc(C(=O)N2CCCC(C(NC(C)=O)c3nccs3)C2)cc(OC)c1OC. The standard InChI is InChI=1S/C21H27N3O5S/c1-13(25)23-18(20-22-7-9-30-20)14-6-5-8-24(12-14)21(26)15-10-16(27-2)19(29-4)17(11-15)28-3/h7,9-11,14,18H,5-6,8,12H2,1-4H3,(H,23,25). The molecule has 0 bridgehead atoms. The van der Waals surface area contributed by atoms with E-state index < -0.39 is 0 Å². The first-order valence-corrected chi connectivity index (χ1v) is 10.6. The number of hydrogen-bond acceptors (Lipinski definition) is 7. The number of rotatable bonds is 7. The minimum Gasteiger partial charge on any atom is -0.493 e. The summed E-state index contributed by atoms with van der Waals surface area (Å²) in [7, 11) is 4.57. The van der Waals surface area contributed by atoms with Gasteiger partial charge in [0.05, 0.1) is 27.4 Å². The molecule has 1 saturated heterocycles. The summed E-state index contributed by atoms with van der Waals surface area (Å²) in [6.07, 6.45) is 3.49. The second-order valence-electron chi connectivity index (χ2n) is 7.12. The number of benzene rings is 1. The molecule has 162 valence electrons. The molecule has 0 spiro atoms. The average molecular weight is 434 g/mol. The minimum absolute atomic E-state index is 0.0831. The molecule has 1 N–H and O–H groups in total. The van der Waals surface area contributed by atoms with E-state index in [0.29, 0.717) is 35.9 Å². The van der Waals surface area contributed by atoms with E-state index in [2.05, 4.69) is 10.3 Å². The highest BCUT2D eigenvalue weighted by atomic mass is 32.1. The molecule has 1 aromatic heterocycles. The summed E-state index contributed by atoms with van der Waals surface area (Å²) in [6.45, 7) is 2.68. The van der Waals surface area contributed by atoms with Crippen LogP contribution in [0.2, 0.25) is 0 Å². The summed E-state index contributed by atoms with van der Waals surface area (Å²) in [5.41, 5.74) is 0.468. The first-order chi connectivity index (χ1) is 14.5. The Balaban J connectivity index is 1.84. The van der Waals surface area contributed by atoms with Gasteiger partial charge in [0.2, 0.25) is 11.7 Å². The number of nitrogens with one attached hydrogen (secondary N) is 1. The van der Waals surface area contributed by atoms with Gasteiger partial charge in [-0.25, -0.2) is 4.98 Å². The molecule has 0 aliphatic carbocycles. The number of aromatic nitrogens is 1. The van der Waals surface area contributed by atoms with Gasteiger partial charge in [-0.3, -0.25) is 9.59 Å². The van der Waals surface area contributed by atoms with Crippen molar-refractivity contribution in [1.29, 1.82) is 0 Å². The van der Waals surface area contributed by atoms with E-state index in [0.717, 1.165) is 17.8 Å². The third-order valence-corrected chi connectivity index (χ3v) is 6.06. The Hall–Kier alpha value is -2.81. The molecular formula is C21H27N3O5S. The first kappa shape index (κ1) is 21.9. The zero-order valence-electron chi connectivity index (χ0n) is 17.6. The van der Waals surface area contributed by atoms with Crippen LogP contribution >= 0.6 is 11.3 Å². The van der Waals surface area contributed by atoms with Gasteiger partial charge >= 0.3 is 0 Å². The Morgan fingerprint density at radius 2 is 1.90 bits per heavy atom. The van der Waals surface area contributed by atoms with Crippen molar-refractivity contribution in [2.45, 2.75) is 25.8 Å². The molecule has 2 atom stereocenters. The van der Waals surface area contributed by atoms with Crippen LogP contribution in [0, 0.1) is 5.92 Å². The summed E-state index contributed by atoms with van der Waals surface area (Å²) in [4.78, 5) is 31.3. The van der Waals surface area contributed by atoms with Gasteiger partial charge in [0, 0.05) is 43.1 Å². The van der Waals surface area contributed by atoms with Crippen LogP contribution in [0.15, 0.2) is 23.7 Å². The minimum atomic E-state index is -0.210. The average Bonchev–Trinajstić information content (AvgIpc) is 3.30. The van der Waals surface area contributed by atoms with Crippen LogP contribution in [-0.4, -0.2) is 56.1 Å². The van der Waals surface area contributed by atoms with E-state index in [-0.39, 0.29) is 23.8 Å². The smallest absolute Gasteiger partial charge is 0.254 e. The number of likely N-dealkylation sites (tertiary alicyclic amines) is 1. The molecule has 1 fully saturated rings. The molecule has 8 nitrogen and oxygen atoms in total. The topological polar surface area (TPSA) is 90.0 Å². The normalized spacial score (nSPS) is 17.2. The largest absolute Gasteiger partial charge is 0.493 e. The van der Waals surface area contributed by atoms with Gasteiger partial charge in [-0.1, -0.05) is 0 Å². The van der Waals surface area contributed by atoms with Crippen molar-refractivity contribution in [2.75, 3.05) is 34.4 Å². The third kappa shape index (κ3) is 4.67. The molecule has 1 aromatic carbocycles. The number of nitrogens with zero attached hydrogens (tertiary/aromatic N) is 2. The highest BCUT2D eigenvalue weighted by molar-refractivity contribution is 7.09. The predicted octanol–water partition coefficient (Wildman–Crippen LogP) is 2.90. The molecule has 0 saturated carbocycles. The van der Waals surface area contributed by atoms with Crippen LogP contribution in [0.3, 0.4) is 0 Å². The van der Waals surface area contributed by atoms with Crippen molar-refractivity contribution in [3.8, 4) is 17.2 Å². The Kier molecular flexibility index (Phi) is 7.15. The summed E-state index contributed by atoms with van der Waals surface area (Å²) in [5, 5.41) is 5.77. The molecule has 2 unspecified atom stereocenters. The number of hydrogen-bond donors (Lipinski definition) is 1. The summed E-state index contributed by atoms with van der Waals surface area (Å²) < 4.78 is 16.1. The molecule has 2 heterocycles. The van der Waals surface area contributed by atoms with Crippen LogP contribution < -0.4 is 19.5 Å². The van der Waals surface area contributed by atoms with E-state index in [4.69, 9.17) is 14.2 Å². The Bertz CT molecular complexity index is 862. The highest BCUT2D eigenvalue weighted by Crippen LogP contribution is 2.39. The summed E-state index contributed by atoms with van der Waals surface area (Å²) in [5.74, 6) is 1.19. The number of thiazole rings is 1. The number of ether oxygens (including phenoxy) is 3. The molecule has 1 aliphatic heterocycles. The van der Waals surface area contributed by atoms with Crippen LogP contribution in [0.4, 0.5) is 0 Å². The van der Waals surface area contributed by atoms with E-state index in [1.165, 1.54) is 39.6 Å². The van der Waals surface area contributed by atoms with Crippen LogP contribution in [-0.2, 0) is 4.79 Å². The lowest BCUT2D eigenvalue weighted by Crippen LogP contribution is -2.45. The highest BCUT2D eigenvalue weighted by Gasteiger charge is 2.33. The number of methoxy groups -OCH3 is 3. The van der Waals surface area contributed by atoms with Crippen molar-refractivity contribution in [3.63, 3.8) is 0 Å². The summed E-state index contributed by atoms with van der Waals surface area (Å²) >= 11 is 1.51. The lowest BCUT2D eigenvalue weighted by Gasteiger charge is -2.36. The fraction of sp³-hybridized carbons (Fsp3) is 0.476. The number of carbonyl (C=O) groups excluding carboxylic acids is 2. The lowest BCUT2D eigenvalue weighted by atomic mass is 9.90. The second kappa shape index (κ2) is 9.80. The maximum Gasteiger partial charge on any atom is 0.254 e. The van der Waals surface area contributed by atoms with Crippen LogP contribution in [0.25, 0.3) is 0 Å². The van der Waals surface area contributed by atoms with Crippen LogP contribution in [0.5, 0.6) is 17.2 Å². The molecule has 0 radical (unpaired) electrons. The fourth-order valence-corrected chi connectivity index (χ4v) is 4.62. The predicted molar refractivity (Wildman–Crippen MR) is 113 cm³/mol. The maximum atomic E-state index is 13.3. The first-order valence-electron chi connectivity index (χ1n) is 9.74. The molecule has 9 heteroatoms. The number of carbonyl (C=O) groups is 2. The van der Waals surface area contributed by atoms with E-state index in [1.54, 1.807) is 18.3 Å². The van der Waals surface area contributed by atoms with E-state index >= 15 is 0 Å². The lowest BCUT2D eigenvalue weighted by molar-refractivity contribution is -0.120. The Morgan fingerprint density at radius 3 is 2.43 bits per heavy atom. The van der Waals surface area contributed by atoms with Crippen molar-refractivity contribution in [2.24, 2.45) is 5.92 Å². The van der Waals surface area contributed by atoms with Crippen molar-refractivity contribution in [3.05, 3.63) is 34.3 Å². The van der Waals surface area contributed by atoms with Crippen molar-refractivity contribution >= 4 is 23.2 Å². The maximum absolute atomic E-state index is 13.3. The van der Waals surface area contributed by atoms with Crippen molar-refractivity contribution in [1.82, 2.24) is 15.2 Å². The van der Waals surface area contributed by atoms with Gasteiger partial charge in [0.1, 0.15) is 5.01 Å². The summed E-state index contributed by atoms with van der Waals surface area (Å²) in [6, 6.07) is 3.12. The monoisotopic (exact) mass is 433 g/mol. The number of piperidine rings is 1. The molecule has 1 aliphatic rings. The molecular weight excluding hydrogens is 406 g/mol. The van der Waals surface area contributed by atoms with E-state index in [9.17, 15) is 9.59 Å². The molecule has 3 rings (SSSR count). The quantitative estimate of drug-likeness (QED) is 0.722. The van der Waals surface area contributed by atoms with Gasteiger partial charge in [-0.15, -0.1) is 11.3 Å². The van der Waals surface area contributed by atoms with Gasteiger partial charge < -0.3 is 24.4 Å². The Morgan fingerprint density at radius 1 is 1.20 bits per heavy atom. The molecule has 2 amide bonds. The van der Waals surface area contributed by atoms with Gasteiger partial charge in [0.25, 0.3) is 5.91 Å². The zero-order valence-corrected chi connectivity index (χ0v) is 18.5. The molecule has 30 heavy (non-hydrogen) atoms. The van der Waals surface area contributed by atoms with Gasteiger partial charge in [-0.2, -0.15) is 0 Å². The van der Waals surface area contributed by atoms with Crippen molar-refractivity contribution < 1.29 is 23.8 Å². The zero-order chi connectivity index (χ0) is 21.7. The number of amides is 2. The Labute approximate surface area is 180 Å². The third-order valence-electron chi connectivity index (χ3n) is 5.20. The van der Waals surface area contributed by atoms with E-state index in [1.807, 2.05) is 10.3 Å². The molecule has 2 aromatic rings. The van der Waals surface area contributed by atoms with Crippen LogP contribution in [0.1, 0.15) is 41.2 Å². The van der Waals surface area contributed by atoms with Gasteiger partial charge in [-0.05, 0) is 25.0 Å². The van der Waals surface area contributed by atoms with Gasteiger partial charge in [0.15, 0.2) is 11.5 Å².